The molecule has 6 unspecified atom stereocenters. The minimum absolute atomic E-state index is 0. The standard InChI is InChI=1S/3C8H12O4P2.2Al/c3*1-13(9,10)7-3-5-8(6-4-7)14(2,11)12;;/h3*3-6H,1-2H3,(H,9,10)(H,11,12);;/q;;;2*+3/p-6. The first-order valence-corrected chi connectivity index (χ1v) is 24.1. The van der Waals surface area contributed by atoms with E-state index in [0.717, 1.165) is 40.0 Å². The summed E-state index contributed by atoms with van der Waals surface area (Å²) in [6.45, 7) is 6.61. The van der Waals surface area contributed by atoms with Crippen LogP contribution in [0.25, 0.3) is 0 Å². The van der Waals surface area contributed by atoms with Crippen LogP contribution in [0.15, 0.2) is 72.8 Å². The number of rotatable bonds is 6. The van der Waals surface area contributed by atoms with Crippen molar-refractivity contribution in [1.29, 1.82) is 0 Å². The quantitative estimate of drug-likeness (QED) is 0.190. The van der Waals surface area contributed by atoms with Crippen molar-refractivity contribution < 1.29 is 56.8 Å². The van der Waals surface area contributed by atoms with Gasteiger partial charge in [0.1, 0.15) is 0 Å². The largest absolute Gasteiger partial charge is 3.00 e. The van der Waals surface area contributed by atoms with E-state index in [-0.39, 0.29) is 66.5 Å². The maximum Gasteiger partial charge on any atom is 3.00 e. The van der Waals surface area contributed by atoms with Crippen LogP contribution >= 0.6 is 44.2 Å². The van der Waals surface area contributed by atoms with Crippen molar-refractivity contribution in [3.8, 4) is 0 Å². The summed E-state index contributed by atoms with van der Waals surface area (Å²) in [5.74, 6) is 0. The molecule has 0 aliphatic heterocycles. The van der Waals surface area contributed by atoms with Crippen molar-refractivity contribution >= 4 is 111 Å². The summed E-state index contributed by atoms with van der Waals surface area (Å²) in [6.07, 6.45) is 0. The molecule has 0 N–H and O–H groups in total. The Balaban J connectivity index is 0. The van der Waals surface area contributed by atoms with Gasteiger partial charge in [0.05, 0.1) is 0 Å². The van der Waals surface area contributed by atoms with Crippen LogP contribution < -0.4 is 61.2 Å². The maximum atomic E-state index is 11.1. The van der Waals surface area contributed by atoms with Crippen LogP contribution in [0.2, 0.25) is 0 Å². The molecular weight excluding hydrogens is 720 g/mol. The van der Waals surface area contributed by atoms with Crippen molar-refractivity contribution in [2.45, 2.75) is 0 Å². The van der Waals surface area contributed by atoms with Gasteiger partial charge >= 0.3 is 34.7 Å². The van der Waals surface area contributed by atoms with Gasteiger partial charge in [-0.2, -0.15) is 0 Å². The average Bonchev–Trinajstić information content (AvgIpc) is 2.82. The third-order valence-electron chi connectivity index (χ3n) is 5.36. The molecule has 0 aliphatic carbocycles. The van der Waals surface area contributed by atoms with Crippen molar-refractivity contribution in [3.63, 3.8) is 0 Å². The van der Waals surface area contributed by atoms with Gasteiger partial charge in [-0.15, -0.1) is 0 Å². The van der Waals surface area contributed by atoms with Crippen LogP contribution in [0, 0.1) is 0 Å². The second-order valence-electron chi connectivity index (χ2n) is 9.62. The molecule has 3 rings (SSSR count). The van der Waals surface area contributed by atoms with Crippen LogP contribution in [0.1, 0.15) is 0 Å². The van der Waals surface area contributed by atoms with Gasteiger partial charge < -0.3 is 56.8 Å². The molecular formula is C24H30Al2O12P6. The molecule has 0 saturated heterocycles. The van der Waals surface area contributed by atoms with Gasteiger partial charge in [-0.05, 0) is 71.8 Å². The van der Waals surface area contributed by atoms with E-state index in [2.05, 4.69) is 0 Å². The molecule has 0 aliphatic rings. The van der Waals surface area contributed by atoms with Crippen molar-refractivity contribution in [3.05, 3.63) is 72.8 Å². The number of hydrogen-bond acceptors (Lipinski definition) is 12. The Morgan fingerprint density at radius 3 is 0.409 bits per heavy atom. The molecule has 3 aromatic carbocycles. The van der Waals surface area contributed by atoms with Gasteiger partial charge in [-0.3, -0.25) is 0 Å². The minimum Gasteiger partial charge on any atom is -0.796 e. The topological polar surface area (TPSA) is 241 Å². The van der Waals surface area contributed by atoms with E-state index in [1.165, 1.54) is 72.8 Å². The molecule has 0 saturated carbocycles. The van der Waals surface area contributed by atoms with Gasteiger partial charge in [-0.1, -0.05) is 72.8 Å². The Kier molecular flexibility index (Phi) is 18.1. The van der Waals surface area contributed by atoms with E-state index in [1.54, 1.807) is 0 Å². The Bertz CT molecular complexity index is 1320. The molecule has 0 radical (unpaired) electrons. The Morgan fingerprint density at radius 2 is 0.364 bits per heavy atom. The fourth-order valence-electron chi connectivity index (χ4n) is 2.98. The summed E-state index contributed by atoms with van der Waals surface area (Å²) in [6, 6.07) is 15.6. The fraction of sp³-hybridized carbons (Fsp3) is 0.250. The second kappa shape index (κ2) is 17.3. The van der Waals surface area contributed by atoms with Crippen molar-refractivity contribution in [2.75, 3.05) is 40.0 Å². The minimum atomic E-state index is -3.53. The molecule has 0 heterocycles. The van der Waals surface area contributed by atoms with Gasteiger partial charge in [0.2, 0.25) is 0 Å². The second-order valence-corrected chi connectivity index (χ2v) is 22.9. The van der Waals surface area contributed by atoms with Crippen molar-refractivity contribution in [1.82, 2.24) is 0 Å². The zero-order valence-corrected chi connectivity index (χ0v) is 32.3. The molecule has 0 bridgehead atoms. The van der Waals surface area contributed by atoms with Crippen LogP contribution in [0.5, 0.6) is 0 Å². The van der Waals surface area contributed by atoms with Crippen LogP contribution in [0.4, 0.5) is 0 Å². The summed E-state index contributed by atoms with van der Waals surface area (Å²) in [4.78, 5) is 66.4. The third-order valence-corrected chi connectivity index (χ3v) is 12.8. The molecule has 0 fully saturated rings. The predicted octanol–water partition coefficient (Wildman–Crippen LogP) is -2.34. The summed E-state index contributed by atoms with van der Waals surface area (Å²) in [5.41, 5.74) is 0. The molecule has 3 aromatic rings. The van der Waals surface area contributed by atoms with Gasteiger partial charge in [0.25, 0.3) is 0 Å². The van der Waals surface area contributed by atoms with Gasteiger partial charge in [0.15, 0.2) is 0 Å². The summed E-state index contributed by atoms with van der Waals surface area (Å²) in [7, 11) is -21.2. The first kappa shape index (κ1) is 46.0. The molecule has 0 aromatic heterocycles. The molecule has 44 heavy (non-hydrogen) atoms. The molecule has 12 nitrogen and oxygen atoms in total. The van der Waals surface area contributed by atoms with E-state index >= 15 is 0 Å². The monoisotopic (exact) mass is 750 g/mol. The van der Waals surface area contributed by atoms with E-state index in [0.29, 0.717) is 0 Å². The molecule has 0 amide bonds. The molecule has 20 heteroatoms. The van der Waals surface area contributed by atoms with Crippen LogP contribution in [-0.4, -0.2) is 74.7 Å². The zero-order valence-electron chi connectivity index (χ0n) is 24.7. The first-order valence-electron chi connectivity index (χ1n) is 11.7. The van der Waals surface area contributed by atoms with Crippen LogP contribution in [-0.2, 0) is 27.4 Å². The van der Waals surface area contributed by atoms with E-state index in [4.69, 9.17) is 0 Å². The SMILES string of the molecule is CP(=O)([O-])c1ccc(P(C)(=O)[O-])cc1.CP(=O)([O-])c1ccc(P(C)(=O)[O-])cc1.CP(=O)([O-])c1ccc(P(C)(=O)[O-])cc1.[Al+3].[Al+3]. The normalized spacial score (nSPS) is 18.8. The first-order chi connectivity index (χ1) is 18.6. The Hall–Kier alpha value is -0.135. The predicted molar refractivity (Wildman–Crippen MR) is 170 cm³/mol. The Labute approximate surface area is 279 Å². The maximum absolute atomic E-state index is 11.1. The van der Waals surface area contributed by atoms with Gasteiger partial charge in [0, 0.05) is 44.2 Å². The van der Waals surface area contributed by atoms with Crippen molar-refractivity contribution in [2.24, 2.45) is 0 Å². The number of benzene rings is 3. The van der Waals surface area contributed by atoms with Crippen LogP contribution in [0.3, 0.4) is 0 Å². The summed E-state index contributed by atoms with van der Waals surface area (Å²) >= 11 is 0. The smallest absolute Gasteiger partial charge is 0.796 e. The fourth-order valence-corrected chi connectivity index (χ4v) is 7.13. The van der Waals surface area contributed by atoms with E-state index < -0.39 is 44.2 Å². The number of hydrogen-bond donors (Lipinski definition) is 0. The summed E-state index contributed by atoms with van der Waals surface area (Å²) < 4.78 is 66.4. The summed E-state index contributed by atoms with van der Waals surface area (Å²) in [5, 5.41) is 0.887. The van der Waals surface area contributed by atoms with E-state index in [1.807, 2.05) is 0 Å². The Morgan fingerprint density at radius 1 is 0.295 bits per heavy atom. The van der Waals surface area contributed by atoms with E-state index in [9.17, 15) is 56.8 Å². The molecule has 6 atom stereocenters. The molecule has 234 valence electrons. The zero-order chi connectivity index (χ0) is 32.9. The molecule has 0 spiro atoms. The van der Waals surface area contributed by atoms with Gasteiger partial charge in [-0.25, -0.2) is 0 Å². The third kappa shape index (κ3) is 16.1. The average molecular weight is 750 g/mol.